The highest BCUT2D eigenvalue weighted by Crippen LogP contribution is 2.38. The minimum Gasteiger partial charge on any atom is -0.497 e. The van der Waals surface area contributed by atoms with Crippen molar-refractivity contribution in [3.63, 3.8) is 0 Å². The van der Waals surface area contributed by atoms with Crippen LogP contribution in [0.1, 0.15) is 0 Å². The molecule has 0 bridgehead atoms. The average molecular weight is 451 g/mol. The molecule has 1 fully saturated rings. The Morgan fingerprint density at radius 2 is 1.57 bits per heavy atom. The van der Waals surface area contributed by atoms with Crippen molar-refractivity contribution in [1.82, 2.24) is 9.97 Å². The number of hydrogen-bond donors (Lipinski definition) is 0. The number of benzene rings is 2. The smallest absolute Gasteiger partial charge is 0.186 e. The summed E-state index contributed by atoms with van der Waals surface area (Å²) in [4.78, 5) is 14.2. The molecule has 0 unspecified atom stereocenters. The molecule has 1 aliphatic rings. The molecule has 0 spiro atoms. The third kappa shape index (κ3) is 3.16. The highest BCUT2D eigenvalue weighted by molar-refractivity contribution is 7.23. The third-order valence-corrected chi connectivity index (χ3v) is 7.80. The first-order chi connectivity index (χ1) is 13.6. The molecule has 4 aromatic rings. The van der Waals surface area contributed by atoms with Gasteiger partial charge in [0, 0.05) is 26.2 Å². The van der Waals surface area contributed by atoms with Crippen LogP contribution in [0.5, 0.6) is 5.75 Å². The number of ether oxygens (including phenoxy) is 1. The molecule has 144 valence electrons. The van der Waals surface area contributed by atoms with Gasteiger partial charge in [-0.15, -0.1) is 0 Å². The van der Waals surface area contributed by atoms with E-state index < -0.39 is 0 Å². The summed E-state index contributed by atoms with van der Waals surface area (Å²) in [5.41, 5.74) is 1.80. The van der Waals surface area contributed by atoms with Gasteiger partial charge in [0.2, 0.25) is 0 Å². The fraction of sp³-hybridized carbons (Fsp3) is 0.263. The van der Waals surface area contributed by atoms with Crippen LogP contribution in [0.2, 0.25) is 10.0 Å². The van der Waals surface area contributed by atoms with E-state index in [2.05, 4.69) is 9.80 Å². The lowest BCUT2D eigenvalue weighted by Crippen LogP contribution is -2.46. The Labute approximate surface area is 180 Å². The van der Waals surface area contributed by atoms with Crippen LogP contribution in [0.3, 0.4) is 0 Å². The molecule has 2 aromatic carbocycles. The van der Waals surface area contributed by atoms with Gasteiger partial charge in [-0.25, -0.2) is 9.97 Å². The number of methoxy groups -OCH3 is 1. The minimum atomic E-state index is 0.644. The summed E-state index contributed by atoms with van der Waals surface area (Å²) in [5, 5.41) is 3.37. The molecule has 0 amide bonds. The van der Waals surface area contributed by atoms with Gasteiger partial charge in [-0.1, -0.05) is 45.9 Å². The lowest BCUT2D eigenvalue weighted by Gasteiger charge is -2.34. The summed E-state index contributed by atoms with van der Waals surface area (Å²) in [5.74, 6) is 0.862. The molecule has 0 aliphatic carbocycles. The van der Waals surface area contributed by atoms with Gasteiger partial charge in [0.1, 0.15) is 11.3 Å². The normalized spacial score (nSPS) is 15.0. The van der Waals surface area contributed by atoms with E-state index in [0.717, 1.165) is 62.6 Å². The van der Waals surface area contributed by atoms with Gasteiger partial charge in [0.25, 0.3) is 0 Å². The van der Waals surface area contributed by atoms with Gasteiger partial charge in [-0.2, -0.15) is 0 Å². The summed E-state index contributed by atoms with van der Waals surface area (Å²) >= 11 is 15.9. The molecule has 0 N–H and O–H groups in total. The number of piperazine rings is 1. The van der Waals surface area contributed by atoms with Gasteiger partial charge in [-0.3, -0.25) is 0 Å². The Morgan fingerprint density at radius 1 is 0.893 bits per heavy atom. The number of rotatable bonds is 3. The fourth-order valence-electron chi connectivity index (χ4n) is 3.31. The van der Waals surface area contributed by atoms with Crippen LogP contribution in [0.4, 0.5) is 10.3 Å². The van der Waals surface area contributed by atoms with E-state index >= 15 is 0 Å². The molecule has 5 rings (SSSR count). The topological polar surface area (TPSA) is 41.5 Å². The largest absolute Gasteiger partial charge is 0.497 e. The van der Waals surface area contributed by atoms with E-state index in [0.29, 0.717) is 10.0 Å². The maximum atomic E-state index is 6.31. The monoisotopic (exact) mass is 450 g/mol. The van der Waals surface area contributed by atoms with Crippen LogP contribution in [-0.4, -0.2) is 43.3 Å². The summed E-state index contributed by atoms with van der Waals surface area (Å²) in [6, 6.07) is 9.64. The Bertz CT molecular complexity index is 1130. The zero-order valence-corrected chi connectivity index (χ0v) is 18.1. The third-order valence-electron chi connectivity index (χ3n) is 4.84. The molecule has 28 heavy (non-hydrogen) atoms. The first-order valence-corrected chi connectivity index (χ1v) is 11.2. The highest BCUT2D eigenvalue weighted by Gasteiger charge is 2.23. The van der Waals surface area contributed by atoms with E-state index in [1.807, 2.05) is 24.3 Å². The molecule has 9 heteroatoms. The van der Waals surface area contributed by atoms with E-state index in [-0.39, 0.29) is 0 Å². The van der Waals surface area contributed by atoms with E-state index in [1.54, 1.807) is 35.8 Å². The zero-order valence-electron chi connectivity index (χ0n) is 15.0. The van der Waals surface area contributed by atoms with Crippen LogP contribution in [0, 0.1) is 0 Å². The summed E-state index contributed by atoms with van der Waals surface area (Å²) in [7, 11) is 1.69. The van der Waals surface area contributed by atoms with E-state index in [9.17, 15) is 0 Å². The second-order valence-electron chi connectivity index (χ2n) is 6.51. The fourth-order valence-corrected chi connectivity index (χ4v) is 5.93. The van der Waals surface area contributed by atoms with Crippen LogP contribution in [0.25, 0.3) is 20.4 Å². The molecule has 0 atom stereocenters. The predicted octanol–water partition coefficient (Wildman–Crippen LogP) is 5.55. The van der Waals surface area contributed by atoms with Gasteiger partial charge in [0.15, 0.2) is 10.3 Å². The van der Waals surface area contributed by atoms with Crippen molar-refractivity contribution < 1.29 is 4.74 Å². The number of anilines is 2. The molecule has 0 saturated carbocycles. The number of halogens is 2. The lowest BCUT2D eigenvalue weighted by molar-refractivity contribution is 0.415. The zero-order chi connectivity index (χ0) is 19.3. The molecule has 1 saturated heterocycles. The van der Waals surface area contributed by atoms with Crippen LogP contribution >= 0.6 is 45.9 Å². The molecule has 3 heterocycles. The van der Waals surface area contributed by atoms with Crippen LogP contribution in [0.15, 0.2) is 30.3 Å². The number of fused-ring (bicyclic) bond motifs is 2. The Balaban J connectivity index is 1.35. The Morgan fingerprint density at radius 3 is 2.25 bits per heavy atom. The Hall–Kier alpha value is -1.80. The second kappa shape index (κ2) is 7.22. The van der Waals surface area contributed by atoms with Gasteiger partial charge < -0.3 is 14.5 Å². The molecule has 0 radical (unpaired) electrons. The van der Waals surface area contributed by atoms with Crippen molar-refractivity contribution in [2.75, 3.05) is 43.1 Å². The second-order valence-corrected chi connectivity index (χ2v) is 9.31. The molecular weight excluding hydrogens is 435 g/mol. The summed E-state index contributed by atoms with van der Waals surface area (Å²) < 4.78 is 7.41. The SMILES string of the molecule is COc1ccc2nc(N3CCN(c4nc5c(Cl)ccc(Cl)c5s4)CC3)sc2c1. The highest BCUT2D eigenvalue weighted by atomic mass is 35.5. The van der Waals surface area contributed by atoms with Crippen LogP contribution < -0.4 is 14.5 Å². The molecule has 2 aromatic heterocycles. The first kappa shape index (κ1) is 18.2. The lowest BCUT2D eigenvalue weighted by atomic mass is 10.3. The molecular formula is C19H16Cl2N4OS2. The van der Waals surface area contributed by atoms with Crippen molar-refractivity contribution in [3.8, 4) is 5.75 Å². The van der Waals surface area contributed by atoms with E-state index in [1.165, 1.54) is 0 Å². The molecule has 1 aliphatic heterocycles. The maximum absolute atomic E-state index is 6.31. The average Bonchev–Trinajstić information content (AvgIpc) is 3.35. The van der Waals surface area contributed by atoms with Crippen molar-refractivity contribution >= 4 is 76.6 Å². The number of thiazole rings is 2. The van der Waals surface area contributed by atoms with Crippen LogP contribution in [-0.2, 0) is 0 Å². The summed E-state index contributed by atoms with van der Waals surface area (Å²) in [6.07, 6.45) is 0. The minimum absolute atomic E-state index is 0.644. The van der Waals surface area contributed by atoms with E-state index in [4.69, 9.17) is 37.9 Å². The Kier molecular flexibility index (Phi) is 4.71. The van der Waals surface area contributed by atoms with Gasteiger partial charge in [-0.05, 0) is 30.3 Å². The number of nitrogens with zero attached hydrogens (tertiary/aromatic N) is 4. The quantitative estimate of drug-likeness (QED) is 0.409. The van der Waals surface area contributed by atoms with Crippen molar-refractivity contribution in [2.24, 2.45) is 0 Å². The maximum Gasteiger partial charge on any atom is 0.186 e. The summed E-state index contributed by atoms with van der Waals surface area (Å²) in [6.45, 7) is 3.56. The van der Waals surface area contributed by atoms with Crippen molar-refractivity contribution in [2.45, 2.75) is 0 Å². The van der Waals surface area contributed by atoms with Gasteiger partial charge >= 0.3 is 0 Å². The molecule has 5 nitrogen and oxygen atoms in total. The van der Waals surface area contributed by atoms with Crippen molar-refractivity contribution in [3.05, 3.63) is 40.4 Å². The van der Waals surface area contributed by atoms with Gasteiger partial charge in [0.05, 0.1) is 32.1 Å². The standard InChI is InChI=1S/C19H16Cl2N4OS2/c1-26-11-2-5-14-15(10-11)27-18(22-14)24-6-8-25(9-7-24)19-23-16-12(20)3-4-13(21)17(16)28-19/h2-5,10H,6-9H2,1H3. The predicted molar refractivity (Wildman–Crippen MR) is 120 cm³/mol. The van der Waals surface area contributed by atoms with Crippen molar-refractivity contribution in [1.29, 1.82) is 0 Å². The first-order valence-electron chi connectivity index (χ1n) is 8.81. The number of aromatic nitrogens is 2. The number of hydrogen-bond acceptors (Lipinski definition) is 7.